The van der Waals surface area contributed by atoms with Crippen molar-refractivity contribution >= 4 is 80.9 Å². The third kappa shape index (κ3) is 5.36. The van der Waals surface area contributed by atoms with E-state index in [1.807, 2.05) is 12.1 Å². The van der Waals surface area contributed by atoms with Crippen LogP contribution < -0.4 is 0 Å². The number of benzene rings is 7. The lowest BCUT2D eigenvalue weighted by molar-refractivity contribution is 1.18. The molecule has 11 rings (SSSR count). The van der Waals surface area contributed by atoms with Gasteiger partial charge in [0.1, 0.15) is 0 Å². The first-order valence-corrected chi connectivity index (χ1v) is 20.4. The standard InChI is InChI=1S/C53H36N4S/c1-3-15-38(16-4-2)56-47-29-27-36(32-43(47)44-33-39(28-30-48(44)56)57-45-24-11-8-21-40(45)41-22-9-12-25-46(41)57)35-19-14-20-37(31-35)53-54-50(34-17-6-5-7-18-34)52-51(55-53)42-23-10-13-26-49(42)58-52/h3-33H,1H2,2H3/b16-4-,38-15+. The molecule has 4 nitrogen and oxygen atoms in total. The van der Waals surface area contributed by atoms with Gasteiger partial charge in [0.2, 0.25) is 0 Å². The van der Waals surface area contributed by atoms with Gasteiger partial charge in [-0.15, -0.1) is 11.3 Å². The van der Waals surface area contributed by atoms with Crippen LogP contribution in [0.3, 0.4) is 0 Å². The zero-order valence-electron chi connectivity index (χ0n) is 31.8. The monoisotopic (exact) mass is 760 g/mol. The molecule has 0 saturated carbocycles. The molecule has 0 unspecified atom stereocenters. The van der Waals surface area contributed by atoms with Gasteiger partial charge in [0.15, 0.2) is 5.82 Å². The number of thiophene rings is 1. The summed E-state index contributed by atoms with van der Waals surface area (Å²) >= 11 is 1.76. The molecule has 0 aliphatic rings. The molecule has 11 aromatic rings. The van der Waals surface area contributed by atoms with Gasteiger partial charge in [-0.25, -0.2) is 9.97 Å². The molecule has 0 aliphatic heterocycles. The van der Waals surface area contributed by atoms with Crippen LogP contribution in [0.5, 0.6) is 0 Å². The van der Waals surface area contributed by atoms with Crippen LogP contribution in [0.1, 0.15) is 6.92 Å². The Hall–Kier alpha value is -7.34. The second-order valence-electron chi connectivity index (χ2n) is 14.6. The molecule has 0 atom stereocenters. The molecular formula is C53H36N4S. The topological polar surface area (TPSA) is 35.6 Å². The average Bonchev–Trinajstić information content (AvgIpc) is 3.93. The van der Waals surface area contributed by atoms with E-state index in [4.69, 9.17) is 9.97 Å². The van der Waals surface area contributed by atoms with Crippen LogP contribution in [-0.2, 0) is 0 Å². The highest BCUT2D eigenvalue weighted by molar-refractivity contribution is 7.26. The number of hydrogen-bond donors (Lipinski definition) is 0. The highest BCUT2D eigenvalue weighted by Gasteiger charge is 2.19. The molecule has 0 bridgehead atoms. The predicted molar refractivity (Wildman–Crippen MR) is 248 cm³/mol. The summed E-state index contributed by atoms with van der Waals surface area (Å²) in [4.78, 5) is 10.5. The van der Waals surface area contributed by atoms with Crippen LogP contribution in [0.25, 0.3) is 109 Å². The SMILES string of the molecule is C=C/C=C(\C=C/C)n1c2ccc(-c3cccc(-c4nc(-c5ccccc5)c5sc6ccccc6c5n4)c3)cc2c2cc(-n3c4ccccc4c4ccccc43)ccc21. The van der Waals surface area contributed by atoms with Crippen molar-refractivity contribution in [2.24, 2.45) is 0 Å². The highest BCUT2D eigenvalue weighted by atomic mass is 32.1. The normalized spacial score (nSPS) is 12.3. The molecule has 4 heterocycles. The van der Waals surface area contributed by atoms with Crippen molar-refractivity contribution in [1.29, 1.82) is 0 Å². The van der Waals surface area contributed by atoms with Crippen LogP contribution >= 0.6 is 11.3 Å². The van der Waals surface area contributed by atoms with E-state index < -0.39 is 0 Å². The molecule has 0 radical (unpaired) electrons. The number of nitrogens with zero attached hydrogens (tertiary/aromatic N) is 4. The molecule has 0 aliphatic carbocycles. The molecule has 0 fully saturated rings. The fourth-order valence-electron chi connectivity index (χ4n) is 8.65. The Morgan fingerprint density at radius 3 is 1.95 bits per heavy atom. The summed E-state index contributed by atoms with van der Waals surface area (Å²) in [5, 5.41) is 6.01. The first-order valence-electron chi connectivity index (χ1n) is 19.6. The first kappa shape index (κ1) is 34.0. The van der Waals surface area contributed by atoms with Gasteiger partial charge in [0.05, 0.1) is 38.0 Å². The number of hydrogen-bond acceptors (Lipinski definition) is 3. The van der Waals surface area contributed by atoms with Crippen molar-refractivity contribution in [3.63, 3.8) is 0 Å². The number of allylic oxidation sites excluding steroid dienone is 5. The molecule has 0 amide bonds. The smallest absolute Gasteiger partial charge is 0.160 e. The van der Waals surface area contributed by atoms with Crippen LogP contribution in [0.2, 0.25) is 0 Å². The summed E-state index contributed by atoms with van der Waals surface area (Å²) < 4.78 is 7.06. The molecule has 0 spiro atoms. The van der Waals surface area contributed by atoms with E-state index in [-0.39, 0.29) is 0 Å². The lowest BCUT2D eigenvalue weighted by atomic mass is 10.00. The summed E-state index contributed by atoms with van der Waals surface area (Å²) in [7, 11) is 0. The highest BCUT2D eigenvalue weighted by Crippen LogP contribution is 2.41. The van der Waals surface area contributed by atoms with Gasteiger partial charge in [0.25, 0.3) is 0 Å². The van der Waals surface area contributed by atoms with E-state index in [9.17, 15) is 0 Å². The van der Waals surface area contributed by atoms with Gasteiger partial charge in [-0.2, -0.15) is 0 Å². The van der Waals surface area contributed by atoms with Gasteiger partial charge in [-0.3, -0.25) is 0 Å². The maximum atomic E-state index is 5.27. The Morgan fingerprint density at radius 2 is 1.19 bits per heavy atom. The van der Waals surface area contributed by atoms with Crippen molar-refractivity contribution in [1.82, 2.24) is 19.1 Å². The summed E-state index contributed by atoms with van der Waals surface area (Å²) in [6.07, 6.45) is 8.17. The number of fused-ring (bicyclic) bond motifs is 9. The molecule has 274 valence electrons. The Balaban J connectivity index is 1.11. The number of para-hydroxylation sites is 2. The van der Waals surface area contributed by atoms with Gasteiger partial charge in [-0.05, 0) is 84.8 Å². The molecule has 4 aromatic heterocycles. The second kappa shape index (κ2) is 13.7. The van der Waals surface area contributed by atoms with E-state index in [1.165, 1.54) is 37.3 Å². The second-order valence-corrected chi connectivity index (χ2v) is 15.6. The lowest BCUT2D eigenvalue weighted by Crippen LogP contribution is -1.96. The fourth-order valence-corrected chi connectivity index (χ4v) is 9.81. The predicted octanol–water partition coefficient (Wildman–Crippen LogP) is 14.7. The molecular weight excluding hydrogens is 725 g/mol. The van der Waals surface area contributed by atoms with Crippen molar-refractivity contribution in [2.45, 2.75) is 6.92 Å². The minimum absolute atomic E-state index is 0.718. The fraction of sp³-hybridized carbons (Fsp3) is 0.0189. The van der Waals surface area contributed by atoms with Crippen molar-refractivity contribution in [3.05, 3.63) is 195 Å². The van der Waals surface area contributed by atoms with Gasteiger partial charge in [0, 0.05) is 54.1 Å². The molecule has 58 heavy (non-hydrogen) atoms. The van der Waals surface area contributed by atoms with Gasteiger partial charge < -0.3 is 9.13 Å². The Labute approximate surface area is 339 Å². The molecule has 5 heteroatoms. The van der Waals surface area contributed by atoms with Crippen LogP contribution in [0.4, 0.5) is 0 Å². The Morgan fingerprint density at radius 1 is 0.552 bits per heavy atom. The van der Waals surface area contributed by atoms with Crippen LogP contribution in [-0.4, -0.2) is 19.1 Å². The van der Waals surface area contributed by atoms with Crippen molar-refractivity contribution in [3.8, 4) is 39.5 Å². The summed E-state index contributed by atoms with van der Waals surface area (Å²) in [6, 6.07) is 58.7. The van der Waals surface area contributed by atoms with Crippen molar-refractivity contribution < 1.29 is 0 Å². The zero-order chi connectivity index (χ0) is 38.7. The van der Waals surface area contributed by atoms with E-state index >= 15 is 0 Å². The summed E-state index contributed by atoms with van der Waals surface area (Å²) in [6.45, 7) is 6.12. The Bertz CT molecular complexity index is 3430. The largest absolute Gasteiger partial charge is 0.309 e. The minimum atomic E-state index is 0.718. The van der Waals surface area contributed by atoms with E-state index in [1.54, 1.807) is 11.3 Å². The summed E-state index contributed by atoms with van der Waals surface area (Å²) in [5.41, 5.74) is 13.1. The Kier molecular flexibility index (Phi) is 8.02. The van der Waals surface area contributed by atoms with E-state index in [2.05, 4.69) is 199 Å². The van der Waals surface area contributed by atoms with Crippen LogP contribution in [0.15, 0.2) is 195 Å². The minimum Gasteiger partial charge on any atom is -0.309 e. The third-order valence-electron chi connectivity index (χ3n) is 11.2. The van der Waals surface area contributed by atoms with Gasteiger partial charge >= 0.3 is 0 Å². The van der Waals surface area contributed by atoms with Gasteiger partial charge in [-0.1, -0.05) is 128 Å². The summed E-state index contributed by atoms with van der Waals surface area (Å²) in [5.74, 6) is 0.718. The average molecular weight is 761 g/mol. The van der Waals surface area contributed by atoms with E-state index in [0.717, 1.165) is 71.8 Å². The van der Waals surface area contributed by atoms with Crippen LogP contribution in [0, 0.1) is 0 Å². The molecule has 7 aromatic carbocycles. The maximum Gasteiger partial charge on any atom is 0.160 e. The lowest BCUT2D eigenvalue weighted by Gasteiger charge is -2.11. The zero-order valence-corrected chi connectivity index (χ0v) is 32.6. The van der Waals surface area contributed by atoms with Crippen molar-refractivity contribution in [2.75, 3.05) is 0 Å². The molecule has 0 saturated heterocycles. The third-order valence-corrected chi connectivity index (χ3v) is 12.4. The number of aromatic nitrogens is 4. The first-order chi connectivity index (χ1) is 28.7. The number of rotatable bonds is 7. The van der Waals surface area contributed by atoms with E-state index in [0.29, 0.717) is 0 Å². The molecule has 0 N–H and O–H groups in total. The quantitative estimate of drug-likeness (QED) is 0.152. The maximum absolute atomic E-state index is 5.27.